The van der Waals surface area contributed by atoms with Crippen LogP contribution in [0.5, 0.6) is 0 Å². The standard InChI is InChI=1S/C16H15F2NO2S/c17-12-1-2-14(18)13(9-12)15-3-5-19(6-8-22-15)16(20)11-4-7-21-10-11/h1-2,4,7,9-10,15H,3,5-6,8H2/t15-/m1/s1. The van der Waals surface area contributed by atoms with E-state index in [2.05, 4.69) is 0 Å². The topological polar surface area (TPSA) is 33.5 Å². The van der Waals surface area contributed by atoms with Gasteiger partial charge in [-0.1, -0.05) is 0 Å². The van der Waals surface area contributed by atoms with E-state index in [9.17, 15) is 13.6 Å². The third-order valence-corrected chi connectivity index (χ3v) is 5.01. The minimum absolute atomic E-state index is 0.0882. The molecule has 2 heterocycles. The molecule has 0 bridgehead atoms. The first-order valence-corrected chi connectivity index (χ1v) is 8.08. The molecule has 1 aliphatic rings. The maximum Gasteiger partial charge on any atom is 0.257 e. The second-order valence-electron chi connectivity index (χ2n) is 5.12. The molecule has 0 unspecified atom stereocenters. The van der Waals surface area contributed by atoms with Gasteiger partial charge in [-0.15, -0.1) is 0 Å². The highest BCUT2D eigenvalue weighted by molar-refractivity contribution is 7.99. The van der Waals surface area contributed by atoms with E-state index < -0.39 is 11.6 Å². The molecule has 3 rings (SSSR count). The Labute approximate surface area is 131 Å². The van der Waals surface area contributed by atoms with Crippen LogP contribution in [0.1, 0.15) is 27.6 Å². The lowest BCUT2D eigenvalue weighted by Gasteiger charge is -2.19. The monoisotopic (exact) mass is 323 g/mol. The summed E-state index contributed by atoms with van der Waals surface area (Å²) in [5.74, 6) is -0.236. The van der Waals surface area contributed by atoms with Crippen LogP contribution in [0.2, 0.25) is 0 Å². The lowest BCUT2D eigenvalue weighted by atomic mass is 10.1. The Hall–Kier alpha value is -1.82. The molecule has 6 heteroatoms. The first kappa shape index (κ1) is 15.1. The average molecular weight is 323 g/mol. The minimum Gasteiger partial charge on any atom is -0.472 e. The van der Waals surface area contributed by atoms with E-state index in [1.807, 2.05) is 0 Å². The molecule has 1 atom stereocenters. The molecule has 2 aromatic rings. The summed E-state index contributed by atoms with van der Waals surface area (Å²) in [6.45, 7) is 1.10. The zero-order valence-corrected chi connectivity index (χ0v) is 12.6. The van der Waals surface area contributed by atoms with Gasteiger partial charge in [-0.2, -0.15) is 11.8 Å². The maximum absolute atomic E-state index is 13.9. The normalized spacial score (nSPS) is 19.0. The quantitative estimate of drug-likeness (QED) is 0.841. The van der Waals surface area contributed by atoms with Crippen LogP contribution in [0.25, 0.3) is 0 Å². The lowest BCUT2D eigenvalue weighted by molar-refractivity contribution is 0.0766. The van der Waals surface area contributed by atoms with Crippen molar-refractivity contribution in [3.63, 3.8) is 0 Å². The fraction of sp³-hybridized carbons (Fsp3) is 0.312. The molecule has 0 saturated carbocycles. The smallest absolute Gasteiger partial charge is 0.257 e. The van der Waals surface area contributed by atoms with Gasteiger partial charge in [-0.25, -0.2) is 8.78 Å². The van der Waals surface area contributed by atoms with Gasteiger partial charge >= 0.3 is 0 Å². The maximum atomic E-state index is 13.9. The van der Waals surface area contributed by atoms with Crippen LogP contribution in [-0.4, -0.2) is 29.6 Å². The molecule has 1 aliphatic heterocycles. The first-order chi connectivity index (χ1) is 10.6. The van der Waals surface area contributed by atoms with Crippen molar-refractivity contribution >= 4 is 17.7 Å². The zero-order valence-electron chi connectivity index (χ0n) is 11.8. The summed E-state index contributed by atoms with van der Waals surface area (Å²) in [6, 6.07) is 5.16. The Bertz CT molecular complexity index is 660. The Kier molecular flexibility index (Phi) is 4.47. The molecule has 116 valence electrons. The van der Waals surface area contributed by atoms with Gasteiger partial charge in [0.2, 0.25) is 0 Å². The van der Waals surface area contributed by atoms with Crippen molar-refractivity contribution in [2.75, 3.05) is 18.8 Å². The highest BCUT2D eigenvalue weighted by Gasteiger charge is 2.25. The Morgan fingerprint density at radius 1 is 1.27 bits per heavy atom. The second kappa shape index (κ2) is 6.52. The van der Waals surface area contributed by atoms with E-state index in [1.165, 1.54) is 18.6 Å². The predicted octanol–water partition coefficient (Wildman–Crippen LogP) is 3.88. The molecule has 0 aliphatic carbocycles. The molecule has 1 aromatic carbocycles. The Balaban J connectivity index is 1.72. The lowest BCUT2D eigenvalue weighted by Crippen LogP contribution is -2.32. The number of benzene rings is 1. The summed E-state index contributed by atoms with van der Waals surface area (Å²) < 4.78 is 32.2. The summed E-state index contributed by atoms with van der Waals surface area (Å²) in [5, 5.41) is -0.141. The SMILES string of the molecule is O=C(c1ccoc1)N1CCS[C@@H](c2cc(F)ccc2F)CC1. The molecule has 1 amide bonds. The van der Waals surface area contributed by atoms with Crippen LogP contribution in [0.4, 0.5) is 8.78 Å². The highest BCUT2D eigenvalue weighted by atomic mass is 32.2. The molecule has 0 spiro atoms. The van der Waals surface area contributed by atoms with Crippen molar-refractivity contribution in [1.82, 2.24) is 4.90 Å². The molecule has 22 heavy (non-hydrogen) atoms. The highest BCUT2D eigenvalue weighted by Crippen LogP contribution is 2.36. The van der Waals surface area contributed by atoms with Crippen LogP contribution < -0.4 is 0 Å². The van der Waals surface area contributed by atoms with Gasteiger partial charge in [0, 0.05) is 29.7 Å². The number of thioether (sulfide) groups is 1. The Morgan fingerprint density at radius 2 is 2.14 bits per heavy atom. The van der Waals surface area contributed by atoms with Crippen LogP contribution in [-0.2, 0) is 0 Å². The molecule has 0 N–H and O–H groups in total. The molecule has 1 saturated heterocycles. The van der Waals surface area contributed by atoms with Crippen LogP contribution in [0.15, 0.2) is 41.2 Å². The zero-order chi connectivity index (χ0) is 15.5. The molecular weight excluding hydrogens is 308 g/mol. The molecular formula is C16H15F2NO2S. The van der Waals surface area contributed by atoms with E-state index >= 15 is 0 Å². The molecule has 1 aromatic heterocycles. The summed E-state index contributed by atoms with van der Waals surface area (Å²) in [7, 11) is 0. The van der Waals surface area contributed by atoms with Crippen LogP contribution in [0, 0.1) is 11.6 Å². The van der Waals surface area contributed by atoms with Crippen molar-refractivity contribution in [1.29, 1.82) is 0 Å². The van der Waals surface area contributed by atoms with Gasteiger partial charge in [-0.05, 0) is 30.7 Å². The van der Waals surface area contributed by atoms with Crippen molar-refractivity contribution in [3.8, 4) is 0 Å². The van der Waals surface area contributed by atoms with E-state index in [0.29, 0.717) is 36.4 Å². The van der Waals surface area contributed by atoms with Gasteiger partial charge in [0.05, 0.1) is 11.8 Å². The van der Waals surface area contributed by atoms with E-state index in [1.54, 1.807) is 22.7 Å². The number of rotatable bonds is 2. The van der Waals surface area contributed by atoms with Crippen LogP contribution >= 0.6 is 11.8 Å². The van der Waals surface area contributed by atoms with Gasteiger partial charge in [0.1, 0.15) is 17.9 Å². The van der Waals surface area contributed by atoms with Crippen molar-refractivity contribution < 1.29 is 18.0 Å². The summed E-state index contributed by atoms with van der Waals surface area (Å²) >= 11 is 1.55. The third-order valence-electron chi connectivity index (χ3n) is 3.70. The number of halogens is 2. The van der Waals surface area contributed by atoms with Crippen molar-refractivity contribution in [2.24, 2.45) is 0 Å². The second-order valence-corrected chi connectivity index (χ2v) is 6.43. The average Bonchev–Trinajstić information content (AvgIpc) is 2.94. The summed E-state index contributed by atoms with van der Waals surface area (Å²) in [4.78, 5) is 14.0. The van der Waals surface area contributed by atoms with E-state index in [-0.39, 0.29) is 11.2 Å². The summed E-state index contributed by atoms with van der Waals surface area (Å²) in [5.41, 5.74) is 0.892. The number of hydrogen-bond donors (Lipinski definition) is 0. The summed E-state index contributed by atoms with van der Waals surface area (Å²) in [6.07, 6.45) is 3.48. The number of amides is 1. The Morgan fingerprint density at radius 3 is 2.91 bits per heavy atom. The number of carbonyl (C=O) groups is 1. The van der Waals surface area contributed by atoms with Crippen molar-refractivity contribution in [3.05, 3.63) is 59.6 Å². The molecule has 1 fully saturated rings. The number of carbonyl (C=O) groups excluding carboxylic acids is 1. The van der Waals surface area contributed by atoms with Gasteiger partial charge < -0.3 is 9.32 Å². The molecule has 3 nitrogen and oxygen atoms in total. The first-order valence-electron chi connectivity index (χ1n) is 7.03. The van der Waals surface area contributed by atoms with E-state index in [4.69, 9.17) is 4.42 Å². The molecule has 0 radical (unpaired) electrons. The van der Waals surface area contributed by atoms with Gasteiger partial charge in [-0.3, -0.25) is 4.79 Å². The van der Waals surface area contributed by atoms with Gasteiger partial charge in [0.15, 0.2) is 0 Å². The fourth-order valence-corrected chi connectivity index (χ4v) is 3.79. The van der Waals surface area contributed by atoms with Gasteiger partial charge in [0.25, 0.3) is 5.91 Å². The third kappa shape index (κ3) is 3.16. The fourth-order valence-electron chi connectivity index (χ4n) is 2.55. The largest absolute Gasteiger partial charge is 0.472 e. The number of hydrogen-bond acceptors (Lipinski definition) is 3. The van der Waals surface area contributed by atoms with Crippen molar-refractivity contribution in [2.45, 2.75) is 11.7 Å². The minimum atomic E-state index is -0.437. The van der Waals surface area contributed by atoms with E-state index in [0.717, 1.165) is 12.1 Å². The predicted molar refractivity (Wildman–Crippen MR) is 80.8 cm³/mol. The van der Waals surface area contributed by atoms with Crippen LogP contribution in [0.3, 0.4) is 0 Å². The number of furan rings is 1. The number of nitrogens with zero attached hydrogens (tertiary/aromatic N) is 1.